The van der Waals surface area contributed by atoms with E-state index in [0.717, 1.165) is 18.5 Å². The minimum absolute atomic E-state index is 0.0438. The number of hydrogen-bond donors (Lipinski definition) is 1. The lowest BCUT2D eigenvalue weighted by Gasteiger charge is -2.33. The zero-order valence-corrected chi connectivity index (χ0v) is 11.3. The molecule has 0 amide bonds. The summed E-state index contributed by atoms with van der Waals surface area (Å²) in [4.78, 5) is 2.51. The van der Waals surface area contributed by atoms with Gasteiger partial charge >= 0.3 is 0 Å². The molecule has 2 nitrogen and oxygen atoms in total. The fourth-order valence-electron chi connectivity index (χ4n) is 2.55. The lowest BCUT2D eigenvalue weighted by molar-refractivity contribution is 0.174. The van der Waals surface area contributed by atoms with Gasteiger partial charge in [0, 0.05) is 18.1 Å². The molecule has 0 aliphatic heterocycles. The van der Waals surface area contributed by atoms with E-state index in [0.29, 0.717) is 12.1 Å². The molecule has 0 saturated heterocycles. The van der Waals surface area contributed by atoms with Gasteiger partial charge < -0.3 is 5.73 Å². The Morgan fingerprint density at radius 3 is 2.44 bits per heavy atom. The van der Waals surface area contributed by atoms with Crippen LogP contribution in [-0.2, 0) is 0 Å². The maximum Gasteiger partial charge on any atom is 0.123 e. The summed E-state index contributed by atoms with van der Waals surface area (Å²) < 4.78 is 12.9. The van der Waals surface area contributed by atoms with Crippen LogP contribution in [0.5, 0.6) is 0 Å². The van der Waals surface area contributed by atoms with Crippen LogP contribution < -0.4 is 5.73 Å². The summed E-state index contributed by atoms with van der Waals surface area (Å²) in [5, 5.41) is 0. The summed E-state index contributed by atoms with van der Waals surface area (Å²) in [5.41, 5.74) is 7.34. The third kappa shape index (κ3) is 3.09. The van der Waals surface area contributed by atoms with Crippen LogP contribution in [0.3, 0.4) is 0 Å². The van der Waals surface area contributed by atoms with Gasteiger partial charge in [-0.1, -0.05) is 19.1 Å². The molecule has 1 aromatic rings. The molecule has 2 unspecified atom stereocenters. The molecule has 1 saturated carbocycles. The van der Waals surface area contributed by atoms with Gasteiger partial charge in [-0.25, -0.2) is 4.39 Å². The summed E-state index contributed by atoms with van der Waals surface area (Å²) in [6.45, 7) is 5.48. The number of halogens is 1. The highest BCUT2D eigenvalue weighted by atomic mass is 19.1. The molecule has 1 aliphatic carbocycles. The van der Waals surface area contributed by atoms with E-state index < -0.39 is 0 Å². The van der Waals surface area contributed by atoms with Crippen molar-refractivity contribution < 1.29 is 4.39 Å². The van der Waals surface area contributed by atoms with Crippen molar-refractivity contribution in [2.45, 2.75) is 51.2 Å². The Morgan fingerprint density at radius 2 is 1.94 bits per heavy atom. The third-order valence-corrected chi connectivity index (χ3v) is 3.80. The van der Waals surface area contributed by atoms with Gasteiger partial charge in [-0.2, -0.15) is 0 Å². The van der Waals surface area contributed by atoms with Crippen LogP contribution in [0.25, 0.3) is 0 Å². The van der Waals surface area contributed by atoms with Crippen molar-refractivity contribution in [3.63, 3.8) is 0 Å². The van der Waals surface area contributed by atoms with E-state index in [2.05, 4.69) is 18.7 Å². The van der Waals surface area contributed by atoms with Gasteiger partial charge in [0.15, 0.2) is 0 Å². The first-order valence-electron chi connectivity index (χ1n) is 6.90. The molecule has 100 valence electrons. The molecule has 1 aromatic carbocycles. The van der Waals surface area contributed by atoms with E-state index in [-0.39, 0.29) is 11.9 Å². The maximum atomic E-state index is 12.9. The van der Waals surface area contributed by atoms with Crippen LogP contribution in [-0.4, -0.2) is 23.5 Å². The Morgan fingerprint density at radius 1 is 1.33 bits per heavy atom. The van der Waals surface area contributed by atoms with Crippen molar-refractivity contribution in [3.05, 3.63) is 35.6 Å². The first-order chi connectivity index (χ1) is 8.63. The maximum absolute atomic E-state index is 12.9. The summed E-state index contributed by atoms with van der Waals surface area (Å²) in [6.07, 6.45) is 3.73. The second-order valence-electron chi connectivity index (χ2n) is 5.29. The first-order valence-corrected chi connectivity index (χ1v) is 6.90. The largest absolute Gasteiger partial charge is 0.323 e. The molecular weight excluding hydrogens is 227 g/mol. The van der Waals surface area contributed by atoms with Gasteiger partial charge in [0.05, 0.1) is 0 Å². The van der Waals surface area contributed by atoms with Crippen molar-refractivity contribution in [1.29, 1.82) is 0 Å². The smallest absolute Gasteiger partial charge is 0.123 e. The fourth-order valence-corrected chi connectivity index (χ4v) is 2.55. The second-order valence-corrected chi connectivity index (χ2v) is 5.29. The zero-order valence-electron chi connectivity index (χ0n) is 11.3. The minimum atomic E-state index is -0.203. The van der Waals surface area contributed by atoms with E-state index in [9.17, 15) is 4.39 Å². The Labute approximate surface area is 109 Å². The van der Waals surface area contributed by atoms with Crippen molar-refractivity contribution in [1.82, 2.24) is 4.90 Å². The highest BCUT2D eigenvalue weighted by Crippen LogP contribution is 2.32. The van der Waals surface area contributed by atoms with Gasteiger partial charge in [-0.05, 0) is 50.4 Å². The molecule has 0 bridgehead atoms. The predicted octanol–water partition coefficient (Wildman–Crippen LogP) is 3.09. The van der Waals surface area contributed by atoms with Gasteiger partial charge in [0.1, 0.15) is 5.82 Å². The number of nitrogens with two attached hydrogens (primary N) is 1. The van der Waals surface area contributed by atoms with Crippen LogP contribution in [0, 0.1) is 5.82 Å². The second kappa shape index (κ2) is 5.81. The Kier molecular flexibility index (Phi) is 4.36. The third-order valence-electron chi connectivity index (χ3n) is 3.80. The standard InChI is InChI=1S/C15H23FN2/c1-3-10-18(14-8-9-14)11(2)15(17)12-4-6-13(16)7-5-12/h4-7,11,14-15H,3,8-10,17H2,1-2H3. The lowest BCUT2D eigenvalue weighted by Crippen LogP contribution is -2.42. The normalized spacial score (nSPS) is 18.9. The van der Waals surface area contributed by atoms with E-state index in [1.54, 1.807) is 12.1 Å². The highest BCUT2D eigenvalue weighted by Gasteiger charge is 2.33. The average Bonchev–Trinajstić information content (AvgIpc) is 3.19. The summed E-state index contributed by atoms with van der Waals surface area (Å²) >= 11 is 0. The van der Waals surface area contributed by atoms with Crippen LogP contribution in [0.1, 0.15) is 44.7 Å². The van der Waals surface area contributed by atoms with Crippen molar-refractivity contribution in [3.8, 4) is 0 Å². The van der Waals surface area contributed by atoms with Crippen molar-refractivity contribution in [2.75, 3.05) is 6.54 Å². The number of rotatable bonds is 6. The number of benzene rings is 1. The van der Waals surface area contributed by atoms with Crippen LogP contribution >= 0.6 is 0 Å². The summed E-state index contributed by atoms with van der Waals surface area (Å²) in [7, 11) is 0. The van der Waals surface area contributed by atoms with Gasteiger partial charge in [-0.3, -0.25) is 4.90 Å². The lowest BCUT2D eigenvalue weighted by atomic mass is 10.00. The predicted molar refractivity (Wildman–Crippen MR) is 72.8 cm³/mol. The Bertz CT molecular complexity index is 373. The van der Waals surface area contributed by atoms with Gasteiger partial charge in [0.2, 0.25) is 0 Å². The van der Waals surface area contributed by atoms with Crippen molar-refractivity contribution >= 4 is 0 Å². The summed E-state index contributed by atoms with van der Waals surface area (Å²) in [5.74, 6) is -0.203. The van der Waals surface area contributed by atoms with E-state index in [1.165, 1.54) is 25.0 Å². The molecule has 3 heteroatoms. The summed E-state index contributed by atoms with van der Waals surface area (Å²) in [6, 6.07) is 7.56. The quantitative estimate of drug-likeness (QED) is 0.840. The molecule has 2 atom stereocenters. The van der Waals surface area contributed by atoms with Crippen LogP contribution in [0.15, 0.2) is 24.3 Å². The fraction of sp³-hybridized carbons (Fsp3) is 0.600. The monoisotopic (exact) mass is 250 g/mol. The Balaban J connectivity index is 2.06. The molecule has 0 heterocycles. The van der Waals surface area contributed by atoms with Gasteiger partial charge in [-0.15, -0.1) is 0 Å². The van der Waals surface area contributed by atoms with E-state index >= 15 is 0 Å². The minimum Gasteiger partial charge on any atom is -0.323 e. The van der Waals surface area contributed by atoms with E-state index in [1.807, 2.05) is 0 Å². The van der Waals surface area contributed by atoms with Crippen LogP contribution in [0.2, 0.25) is 0 Å². The number of hydrogen-bond acceptors (Lipinski definition) is 2. The first kappa shape index (κ1) is 13.5. The highest BCUT2D eigenvalue weighted by molar-refractivity contribution is 5.21. The molecule has 0 radical (unpaired) electrons. The van der Waals surface area contributed by atoms with E-state index in [4.69, 9.17) is 5.73 Å². The molecule has 0 aromatic heterocycles. The molecule has 1 fully saturated rings. The average molecular weight is 250 g/mol. The number of nitrogens with zero attached hydrogens (tertiary/aromatic N) is 1. The molecule has 0 spiro atoms. The SMILES string of the molecule is CCCN(C1CC1)C(C)C(N)c1ccc(F)cc1. The van der Waals surface area contributed by atoms with Gasteiger partial charge in [0.25, 0.3) is 0 Å². The Hall–Kier alpha value is -0.930. The molecule has 1 aliphatic rings. The van der Waals surface area contributed by atoms with Crippen LogP contribution in [0.4, 0.5) is 4.39 Å². The zero-order chi connectivity index (χ0) is 13.1. The topological polar surface area (TPSA) is 29.3 Å². The molecule has 2 rings (SSSR count). The molecular formula is C15H23FN2. The molecule has 18 heavy (non-hydrogen) atoms. The molecule has 2 N–H and O–H groups in total. The van der Waals surface area contributed by atoms with Crippen molar-refractivity contribution in [2.24, 2.45) is 5.73 Å².